The molecular weight excluding hydrogens is 314 g/mol. The molecule has 3 aromatic rings. The maximum absolute atomic E-state index is 12.6. The van der Waals surface area contributed by atoms with Gasteiger partial charge in [-0.2, -0.15) is 5.10 Å². The number of carbonyl (C=O) groups is 1. The minimum Gasteiger partial charge on any atom is -0.493 e. The Morgan fingerprint density at radius 2 is 1.92 bits per heavy atom. The number of anilines is 1. The van der Waals surface area contributed by atoms with Gasteiger partial charge in [0, 0.05) is 12.5 Å². The molecule has 126 valence electrons. The van der Waals surface area contributed by atoms with Crippen molar-refractivity contribution in [3.05, 3.63) is 72.4 Å². The highest BCUT2D eigenvalue weighted by molar-refractivity contribution is 5.90. The van der Waals surface area contributed by atoms with Crippen molar-refractivity contribution in [2.45, 2.75) is 18.8 Å². The molecule has 2 heterocycles. The number of amides is 1. The predicted molar refractivity (Wildman–Crippen MR) is 96.1 cm³/mol. The second kappa shape index (κ2) is 6.81. The molecule has 1 aromatic heterocycles. The maximum Gasteiger partial charge on any atom is 0.226 e. The maximum atomic E-state index is 12.6. The first kappa shape index (κ1) is 15.4. The van der Waals surface area contributed by atoms with Gasteiger partial charge in [0.15, 0.2) is 0 Å². The van der Waals surface area contributed by atoms with E-state index in [1.807, 2.05) is 60.7 Å². The summed E-state index contributed by atoms with van der Waals surface area (Å²) in [6.07, 6.45) is 2.97. The molecule has 1 atom stereocenters. The number of carbonyl (C=O) groups excluding carboxylic acids is 1. The van der Waals surface area contributed by atoms with Crippen LogP contribution in [0.1, 0.15) is 24.3 Å². The van der Waals surface area contributed by atoms with Crippen LogP contribution in [0.4, 0.5) is 5.82 Å². The standard InChI is InChI=1S/C20H19N3O2/c24-20(14-15-11-13-25-18-9-5-4-8-17(15)18)22-19-10-12-21-23(19)16-6-2-1-3-7-16/h1-10,12,15H,11,13-14H2,(H,22,24)/t15-/m1/s1. The molecule has 0 saturated heterocycles. The SMILES string of the molecule is O=C(C[C@H]1CCOc2ccccc21)Nc1ccnn1-c1ccccc1. The molecule has 0 bridgehead atoms. The summed E-state index contributed by atoms with van der Waals surface area (Å²) in [6, 6.07) is 19.5. The molecule has 0 saturated carbocycles. The Bertz CT molecular complexity index is 873. The minimum absolute atomic E-state index is 0.0145. The molecule has 2 aromatic carbocycles. The summed E-state index contributed by atoms with van der Waals surface area (Å²) in [5.74, 6) is 1.73. The highest BCUT2D eigenvalue weighted by Crippen LogP contribution is 2.35. The van der Waals surface area contributed by atoms with E-state index in [9.17, 15) is 4.79 Å². The third-order valence-corrected chi connectivity index (χ3v) is 4.43. The number of para-hydroxylation sites is 2. The van der Waals surface area contributed by atoms with Crippen LogP contribution in [0, 0.1) is 0 Å². The number of aromatic nitrogens is 2. The number of rotatable bonds is 4. The third kappa shape index (κ3) is 3.26. The molecule has 0 aliphatic carbocycles. The number of hydrogen-bond donors (Lipinski definition) is 1. The van der Waals surface area contributed by atoms with Crippen molar-refractivity contribution >= 4 is 11.7 Å². The van der Waals surface area contributed by atoms with Crippen molar-refractivity contribution in [2.24, 2.45) is 0 Å². The fourth-order valence-electron chi connectivity index (χ4n) is 3.22. The highest BCUT2D eigenvalue weighted by Gasteiger charge is 2.23. The first-order valence-electron chi connectivity index (χ1n) is 8.42. The van der Waals surface area contributed by atoms with E-state index in [4.69, 9.17) is 4.74 Å². The van der Waals surface area contributed by atoms with Crippen molar-refractivity contribution in [3.63, 3.8) is 0 Å². The molecule has 0 unspecified atom stereocenters. The van der Waals surface area contributed by atoms with Crippen LogP contribution in [-0.2, 0) is 4.79 Å². The van der Waals surface area contributed by atoms with Crippen LogP contribution in [-0.4, -0.2) is 22.3 Å². The van der Waals surface area contributed by atoms with Crippen LogP contribution < -0.4 is 10.1 Å². The molecular formula is C20H19N3O2. The lowest BCUT2D eigenvalue weighted by Crippen LogP contribution is -2.21. The number of benzene rings is 2. The highest BCUT2D eigenvalue weighted by atomic mass is 16.5. The van der Waals surface area contributed by atoms with E-state index in [0.717, 1.165) is 23.4 Å². The van der Waals surface area contributed by atoms with Crippen LogP contribution in [0.5, 0.6) is 5.75 Å². The number of fused-ring (bicyclic) bond motifs is 1. The topological polar surface area (TPSA) is 56.1 Å². The van der Waals surface area contributed by atoms with E-state index in [2.05, 4.69) is 10.4 Å². The van der Waals surface area contributed by atoms with Gasteiger partial charge in [0.25, 0.3) is 0 Å². The summed E-state index contributed by atoms with van der Waals surface area (Å²) in [4.78, 5) is 12.6. The first-order chi connectivity index (χ1) is 12.3. The minimum atomic E-state index is -0.0145. The molecule has 1 amide bonds. The van der Waals surface area contributed by atoms with Gasteiger partial charge in [-0.3, -0.25) is 4.79 Å². The normalized spacial score (nSPS) is 15.9. The average molecular weight is 333 g/mol. The summed E-state index contributed by atoms with van der Waals surface area (Å²) in [6.45, 7) is 0.650. The van der Waals surface area contributed by atoms with E-state index in [1.54, 1.807) is 10.9 Å². The number of hydrogen-bond acceptors (Lipinski definition) is 3. The van der Waals surface area contributed by atoms with Crippen LogP contribution in [0.15, 0.2) is 66.9 Å². The van der Waals surface area contributed by atoms with E-state index in [-0.39, 0.29) is 11.8 Å². The lowest BCUT2D eigenvalue weighted by atomic mass is 9.90. The Balaban J connectivity index is 1.49. The van der Waals surface area contributed by atoms with Crippen molar-refractivity contribution < 1.29 is 9.53 Å². The van der Waals surface area contributed by atoms with E-state index >= 15 is 0 Å². The van der Waals surface area contributed by atoms with Crippen LogP contribution in [0.2, 0.25) is 0 Å². The van der Waals surface area contributed by atoms with Crippen LogP contribution >= 0.6 is 0 Å². The molecule has 0 spiro atoms. The number of nitrogens with one attached hydrogen (secondary N) is 1. The monoisotopic (exact) mass is 333 g/mol. The molecule has 1 N–H and O–H groups in total. The van der Waals surface area contributed by atoms with Gasteiger partial charge in [0.1, 0.15) is 11.6 Å². The van der Waals surface area contributed by atoms with Gasteiger partial charge >= 0.3 is 0 Å². The quantitative estimate of drug-likeness (QED) is 0.791. The summed E-state index contributed by atoms with van der Waals surface area (Å²) < 4.78 is 7.40. The fraction of sp³-hybridized carbons (Fsp3) is 0.200. The van der Waals surface area contributed by atoms with Gasteiger partial charge in [0.05, 0.1) is 18.5 Å². The Morgan fingerprint density at radius 1 is 1.12 bits per heavy atom. The van der Waals surface area contributed by atoms with Crippen molar-refractivity contribution in [1.82, 2.24) is 9.78 Å². The van der Waals surface area contributed by atoms with Crippen molar-refractivity contribution in [1.29, 1.82) is 0 Å². The van der Waals surface area contributed by atoms with Gasteiger partial charge in [-0.05, 0) is 36.1 Å². The zero-order valence-electron chi connectivity index (χ0n) is 13.8. The second-order valence-electron chi connectivity index (χ2n) is 6.09. The van der Waals surface area contributed by atoms with E-state index < -0.39 is 0 Å². The molecule has 5 heteroatoms. The predicted octanol–water partition coefficient (Wildman–Crippen LogP) is 3.77. The fourth-order valence-corrected chi connectivity index (χ4v) is 3.22. The lowest BCUT2D eigenvalue weighted by molar-refractivity contribution is -0.116. The van der Waals surface area contributed by atoms with Crippen molar-refractivity contribution in [3.8, 4) is 11.4 Å². The Morgan fingerprint density at radius 3 is 2.80 bits per heavy atom. The molecule has 1 aliphatic heterocycles. The molecule has 4 rings (SSSR count). The van der Waals surface area contributed by atoms with E-state index in [1.165, 1.54) is 0 Å². The summed E-state index contributed by atoms with van der Waals surface area (Å²) in [7, 11) is 0. The van der Waals surface area contributed by atoms with E-state index in [0.29, 0.717) is 18.8 Å². The van der Waals surface area contributed by atoms with Crippen molar-refractivity contribution in [2.75, 3.05) is 11.9 Å². The second-order valence-corrected chi connectivity index (χ2v) is 6.09. The zero-order valence-corrected chi connectivity index (χ0v) is 13.8. The Hall–Kier alpha value is -3.08. The summed E-state index contributed by atoms with van der Waals surface area (Å²) in [5, 5.41) is 7.29. The summed E-state index contributed by atoms with van der Waals surface area (Å²) in [5.41, 5.74) is 2.03. The van der Waals surface area contributed by atoms with Gasteiger partial charge in [-0.1, -0.05) is 36.4 Å². The molecule has 5 nitrogen and oxygen atoms in total. The van der Waals surface area contributed by atoms with Gasteiger partial charge in [-0.25, -0.2) is 4.68 Å². The van der Waals surface area contributed by atoms with Gasteiger partial charge in [0.2, 0.25) is 5.91 Å². The van der Waals surface area contributed by atoms with Gasteiger partial charge < -0.3 is 10.1 Å². The Kier molecular flexibility index (Phi) is 4.21. The van der Waals surface area contributed by atoms with Crippen LogP contribution in [0.3, 0.4) is 0 Å². The molecule has 0 radical (unpaired) electrons. The Labute approximate surface area is 146 Å². The third-order valence-electron chi connectivity index (χ3n) is 4.43. The zero-order chi connectivity index (χ0) is 17.1. The van der Waals surface area contributed by atoms with Crippen LogP contribution in [0.25, 0.3) is 5.69 Å². The smallest absolute Gasteiger partial charge is 0.226 e. The average Bonchev–Trinajstić information content (AvgIpc) is 3.11. The summed E-state index contributed by atoms with van der Waals surface area (Å²) >= 11 is 0. The largest absolute Gasteiger partial charge is 0.493 e. The number of ether oxygens (including phenoxy) is 1. The molecule has 0 fully saturated rings. The molecule has 1 aliphatic rings. The lowest BCUT2D eigenvalue weighted by Gasteiger charge is -2.25. The number of nitrogens with zero attached hydrogens (tertiary/aromatic N) is 2. The molecule has 25 heavy (non-hydrogen) atoms. The van der Waals surface area contributed by atoms with Gasteiger partial charge in [-0.15, -0.1) is 0 Å². The first-order valence-corrected chi connectivity index (χ1v) is 8.42.